The lowest BCUT2D eigenvalue weighted by Gasteiger charge is -2.05. The van der Waals surface area contributed by atoms with Crippen LogP contribution in [0.15, 0.2) is 35.1 Å². The number of H-pyrrole nitrogens is 1. The van der Waals surface area contributed by atoms with Gasteiger partial charge in [0, 0.05) is 5.56 Å². The number of nitrogens with zero attached hydrogens (tertiary/aromatic N) is 3. The molecule has 0 saturated heterocycles. The summed E-state index contributed by atoms with van der Waals surface area (Å²) < 4.78 is 1.27. The average molecular weight is 240 g/mol. The Morgan fingerprint density at radius 2 is 2.00 bits per heavy atom. The number of fused-ring (bicyclic) bond motifs is 1. The number of hydrogen-bond donors (Lipinski definition) is 1. The van der Waals surface area contributed by atoms with Crippen LogP contribution in [0.1, 0.15) is 11.1 Å². The SMILES string of the molecule is Cc1ccc(-c2ccc3n[nH]c(=O)n3n2)c(C)c1. The van der Waals surface area contributed by atoms with Crippen LogP contribution in [0.4, 0.5) is 0 Å². The zero-order valence-electron chi connectivity index (χ0n) is 10.1. The smallest absolute Gasteiger partial charge is 0.244 e. The van der Waals surface area contributed by atoms with Crippen LogP contribution in [0.2, 0.25) is 0 Å². The third-order valence-corrected chi connectivity index (χ3v) is 2.93. The molecule has 90 valence electrons. The Bertz CT molecular complexity index is 785. The minimum Gasteiger partial charge on any atom is -0.244 e. The largest absolute Gasteiger partial charge is 0.364 e. The summed E-state index contributed by atoms with van der Waals surface area (Å²) in [6, 6.07) is 9.79. The number of hydrogen-bond acceptors (Lipinski definition) is 3. The fraction of sp³-hybridized carbons (Fsp3) is 0.154. The van der Waals surface area contributed by atoms with Gasteiger partial charge in [-0.3, -0.25) is 0 Å². The highest BCUT2D eigenvalue weighted by Gasteiger charge is 2.07. The van der Waals surface area contributed by atoms with Crippen molar-refractivity contribution in [3.8, 4) is 11.3 Å². The molecule has 1 N–H and O–H groups in total. The van der Waals surface area contributed by atoms with E-state index in [2.05, 4.69) is 21.4 Å². The van der Waals surface area contributed by atoms with Crippen molar-refractivity contribution >= 4 is 5.65 Å². The van der Waals surface area contributed by atoms with Crippen molar-refractivity contribution in [2.45, 2.75) is 13.8 Å². The molecule has 0 aliphatic heterocycles. The second kappa shape index (κ2) is 3.80. The molecule has 0 atom stereocenters. The van der Waals surface area contributed by atoms with Crippen molar-refractivity contribution in [3.05, 3.63) is 51.9 Å². The fourth-order valence-corrected chi connectivity index (χ4v) is 2.05. The van der Waals surface area contributed by atoms with Crippen molar-refractivity contribution in [1.29, 1.82) is 0 Å². The van der Waals surface area contributed by atoms with Crippen LogP contribution in [0, 0.1) is 13.8 Å². The molecule has 0 aliphatic carbocycles. The summed E-state index contributed by atoms with van der Waals surface area (Å²) in [6.45, 7) is 4.08. The number of aromatic amines is 1. The summed E-state index contributed by atoms with van der Waals surface area (Å²) in [6.07, 6.45) is 0. The topological polar surface area (TPSA) is 63.0 Å². The van der Waals surface area contributed by atoms with Crippen molar-refractivity contribution in [3.63, 3.8) is 0 Å². The molecule has 2 heterocycles. The Labute approximate surface area is 103 Å². The molecule has 0 aliphatic rings. The van der Waals surface area contributed by atoms with Gasteiger partial charge >= 0.3 is 5.69 Å². The summed E-state index contributed by atoms with van der Waals surface area (Å²) in [5, 5.41) is 10.5. The number of rotatable bonds is 1. The van der Waals surface area contributed by atoms with Crippen molar-refractivity contribution in [2.75, 3.05) is 0 Å². The number of benzene rings is 1. The molecule has 0 amide bonds. The van der Waals surface area contributed by atoms with Gasteiger partial charge in [0.1, 0.15) is 0 Å². The Morgan fingerprint density at radius 3 is 2.78 bits per heavy atom. The van der Waals surface area contributed by atoms with Crippen molar-refractivity contribution < 1.29 is 0 Å². The second-order valence-corrected chi connectivity index (χ2v) is 4.34. The van der Waals surface area contributed by atoms with Gasteiger partial charge in [-0.05, 0) is 31.5 Å². The van der Waals surface area contributed by atoms with Gasteiger partial charge in [-0.1, -0.05) is 23.8 Å². The van der Waals surface area contributed by atoms with Gasteiger partial charge in [-0.15, -0.1) is 0 Å². The van der Waals surface area contributed by atoms with Crippen LogP contribution < -0.4 is 5.69 Å². The molecular formula is C13H12N4O. The standard InChI is InChI=1S/C13H12N4O/c1-8-3-4-10(9(2)7-8)11-5-6-12-14-15-13(18)17(12)16-11/h3-7H,1-2H3,(H,15,18). The summed E-state index contributed by atoms with van der Waals surface area (Å²) in [5.74, 6) is 0. The molecule has 0 unspecified atom stereocenters. The molecule has 18 heavy (non-hydrogen) atoms. The van der Waals surface area contributed by atoms with Gasteiger partial charge in [0.05, 0.1) is 5.69 Å². The lowest BCUT2D eigenvalue weighted by Crippen LogP contribution is -2.12. The summed E-state index contributed by atoms with van der Waals surface area (Å²) in [4.78, 5) is 11.5. The lowest BCUT2D eigenvalue weighted by atomic mass is 10.0. The fourth-order valence-electron chi connectivity index (χ4n) is 2.05. The van der Waals surface area contributed by atoms with E-state index in [1.165, 1.54) is 10.1 Å². The predicted octanol–water partition coefficient (Wildman–Crippen LogP) is 1.70. The van der Waals surface area contributed by atoms with Gasteiger partial charge in [0.15, 0.2) is 5.65 Å². The first-order valence-corrected chi connectivity index (χ1v) is 5.67. The third-order valence-electron chi connectivity index (χ3n) is 2.93. The lowest BCUT2D eigenvalue weighted by molar-refractivity contribution is 0.884. The molecule has 1 aromatic carbocycles. The molecule has 5 nitrogen and oxygen atoms in total. The zero-order valence-corrected chi connectivity index (χ0v) is 10.1. The average Bonchev–Trinajstić information content (AvgIpc) is 2.71. The maximum atomic E-state index is 11.5. The zero-order chi connectivity index (χ0) is 12.7. The summed E-state index contributed by atoms with van der Waals surface area (Å²) in [7, 11) is 0. The van der Waals surface area contributed by atoms with Gasteiger partial charge in [0.25, 0.3) is 0 Å². The predicted molar refractivity (Wildman–Crippen MR) is 68.5 cm³/mol. The molecule has 5 heteroatoms. The van der Waals surface area contributed by atoms with E-state index in [1.807, 2.05) is 32.0 Å². The molecular weight excluding hydrogens is 228 g/mol. The molecule has 0 fully saturated rings. The normalized spacial score (nSPS) is 11.0. The van der Waals surface area contributed by atoms with Crippen LogP contribution >= 0.6 is 0 Å². The minimum atomic E-state index is -0.323. The first kappa shape index (κ1) is 10.7. The highest BCUT2D eigenvalue weighted by Crippen LogP contribution is 2.21. The Kier molecular flexibility index (Phi) is 2.26. The minimum absolute atomic E-state index is 0.323. The Morgan fingerprint density at radius 1 is 1.17 bits per heavy atom. The number of nitrogens with one attached hydrogen (secondary N) is 1. The highest BCUT2D eigenvalue weighted by molar-refractivity contribution is 5.64. The van der Waals surface area contributed by atoms with Crippen LogP contribution in [0.3, 0.4) is 0 Å². The molecule has 0 saturated carbocycles. The van der Waals surface area contributed by atoms with Gasteiger partial charge < -0.3 is 0 Å². The van der Waals surface area contributed by atoms with Crippen LogP contribution in [-0.4, -0.2) is 19.8 Å². The van der Waals surface area contributed by atoms with Gasteiger partial charge in [-0.25, -0.2) is 9.89 Å². The van der Waals surface area contributed by atoms with Crippen LogP contribution in [-0.2, 0) is 0 Å². The van der Waals surface area contributed by atoms with Crippen LogP contribution in [0.5, 0.6) is 0 Å². The third kappa shape index (κ3) is 1.60. The molecule has 0 radical (unpaired) electrons. The quantitative estimate of drug-likeness (QED) is 0.704. The maximum absolute atomic E-state index is 11.5. The van der Waals surface area contributed by atoms with Gasteiger partial charge in [-0.2, -0.15) is 14.7 Å². The molecule has 2 aromatic heterocycles. The van der Waals surface area contributed by atoms with E-state index < -0.39 is 0 Å². The van der Waals surface area contributed by atoms with E-state index in [0.717, 1.165) is 16.8 Å². The maximum Gasteiger partial charge on any atom is 0.364 e. The first-order chi connectivity index (χ1) is 8.65. The highest BCUT2D eigenvalue weighted by atomic mass is 16.2. The van der Waals surface area contributed by atoms with Gasteiger partial charge in [0.2, 0.25) is 0 Å². The first-order valence-electron chi connectivity index (χ1n) is 5.67. The monoisotopic (exact) mass is 240 g/mol. The van der Waals surface area contributed by atoms with Crippen molar-refractivity contribution in [1.82, 2.24) is 19.8 Å². The van der Waals surface area contributed by atoms with E-state index in [1.54, 1.807) is 6.07 Å². The Balaban J connectivity index is 2.24. The number of aryl methyl sites for hydroxylation is 2. The van der Waals surface area contributed by atoms with Crippen molar-refractivity contribution in [2.24, 2.45) is 0 Å². The molecule has 0 spiro atoms. The second-order valence-electron chi connectivity index (χ2n) is 4.34. The summed E-state index contributed by atoms with van der Waals surface area (Å²) >= 11 is 0. The molecule has 0 bridgehead atoms. The van der Waals surface area contributed by atoms with Crippen LogP contribution in [0.25, 0.3) is 16.9 Å². The van der Waals surface area contributed by atoms with E-state index in [0.29, 0.717) is 5.65 Å². The van der Waals surface area contributed by atoms with E-state index in [9.17, 15) is 4.79 Å². The Hall–Kier alpha value is -2.43. The van der Waals surface area contributed by atoms with E-state index >= 15 is 0 Å². The van der Waals surface area contributed by atoms with E-state index in [4.69, 9.17) is 0 Å². The number of aromatic nitrogens is 4. The summed E-state index contributed by atoms with van der Waals surface area (Å²) in [5.41, 5.74) is 4.33. The van der Waals surface area contributed by atoms with E-state index in [-0.39, 0.29) is 5.69 Å². The molecule has 3 rings (SSSR count). The molecule has 3 aromatic rings.